The number of para-hydroxylation sites is 1. The largest absolute Gasteiger partial charge is 0.487 e. The van der Waals surface area contributed by atoms with Gasteiger partial charge in [-0.15, -0.1) is 0 Å². The van der Waals surface area contributed by atoms with Crippen LogP contribution in [0.4, 0.5) is 0 Å². The molecule has 2 aliphatic rings. The summed E-state index contributed by atoms with van der Waals surface area (Å²) < 4.78 is 6.14. The fourth-order valence-electron chi connectivity index (χ4n) is 3.76. The Morgan fingerprint density at radius 2 is 1.95 bits per heavy atom. The molecule has 0 spiro atoms. The van der Waals surface area contributed by atoms with E-state index in [1.165, 1.54) is 36.8 Å². The van der Waals surface area contributed by atoms with Gasteiger partial charge in [-0.3, -0.25) is 0 Å². The van der Waals surface area contributed by atoms with Crippen LogP contribution < -0.4 is 10.1 Å². The van der Waals surface area contributed by atoms with Gasteiger partial charge in [-0.1, -0.05) is 38.0 Å². The van der Waals surface area contributed by atoms with E-state index < -0.39 is 0 Å². The van der Waals surface area contributed by atoms with Crippen LogP contribution in [0.3, 0.4) is 0 Å². The molecule has 0 amide bonds. The van der Waals surface area contributed by atoms with Crippen LogP contribution in [-0.2, 0) is 13.0 Å². The second kappa shape index (κ2) is 6.00. The summed E-state index contributed by atoms with van der Waals surface area (Å²) in [5, 5.41) is 3.66. The lowest BCUT2D eigenvalue weighted by atomic mass is 9.83. The van der Waals surface area contributed by atoms with E-state index in [1.807, 2.05) is 0 Å². The SMILES string of the molecule is CC1CCC(CNCc2cccc3c2OC(C)(C)C3)CC1. The molecule has 1 aliphatic carbocycles. The zero-order valence-electron chi connectivity index (χ0n) is 13.7. The maximum absolute atomic E-state index is 6.14. The van der Waals surface area contributed by atoms with E-state index in [4.69, 9.17) is 4.74 Å². The topological polar surface area (TPSA) is 21.3 Å². The Hall–Kier alpha value is -1.02. The fraction of sp³-hybridized carbons (Fsp3) is 0.684. The molecule has 0 atom stereocenters. The first-order valence-corrected chi connectivity index (χ1v) is 8.54. The maximum Gasteiger partial charge on any atom is 0.127 e. The van der Waals surface area contributed by atoms with E-state index in [0.29, 0.717) is 0 Å². The van der Waals surface area contributed by atoms with Crippen molar-refractivity contribution in [1.29, 1.82) is 0 Å². The summed E-state index contributed by atoms with van der Waals surface area (Å²) in [6.07, 6.45) is 6.63. The lowest BCUT2D eigenvalue weighted by molar-refractivity contribution is 0.137. The van der Waals surface area contributed by atoms with Crippen LogP contribution in [0, 0.1) is 11.8 Å². The summed E-state index contributed by atoms with van der Waals surface area (Å²) in [7, 11) is 0. The third-order valence-electron chi connectivity index (χ3n) is 5.06. The minimum Gasteiger partial charge on any atom is -0.487 e. The summed E-state index contributed by atoms with van der Waals surface area (Å²) >= 11 is 0. The molecule has 2 heteroatoms. The van der Waals surface area contributed by atoms with Crippen molar-refractivity contribution < 1.29 is 4.74 Å². The summed E-state index contributed by atoms with van der Waals surface area (Å²) in [6, 6.07) is 6.58. The third-order valence-corrected chi connectivity index (χ3v) is 5.06. The molecule has 1 aromatic carbocycles. The van der Waals surface area contributed by atoms with Crippen molar-refractivity contribution in [2.75, 3.05) is 6.54 Å². The van der Waals surface area contributed by atoms with Crippen molar-refractivity contribution in [2.24, 2.45) is 11.8 Å². The zero-order valence-corrected chi connectivity index (χ0v) is 13.7. The monoisotopic (exact) mass is 287 g/mol. The van der Waals surface area contributed by atoms with Gasteiger partial charge < -0.3 is 10.1 Å². The molecule has 2 nitrogen and oxygen atoms in total. The average molecular weight is 287 g/mol. The standard InChI is InChI=1S/C19H29NO/c1-14-7-9-15(10-8-14)12-20-13-17-6-4-5-16-11-19(2,3)21-18(16)17/h4-6,14-15,20H,7-13H2,1-3H3. The Morgan fingerprint density at radius 3 is 2.71 bits per heavy atom. The van der Waals surface area contributed by atoms with Crippen molar-refractivity contribution in [3.8, 4) is 5.75 Å². The van der Waals surface area contributed by atoms with Crippen molar-refractivity contribution >= 4 is 0 Å². The first-order chi connectivity index (χ1) is 10.0. The van der Waals surface area contributed by atoms with Gasteiger partial charge in [0.25, 0.3) is 0 Å². The number of nitrogens with one attached hydrogen (secondary N) is 1. The van der Waals surface area contributed by atoms with Gasteiger partial charge >= 0.3 is 0 Å². The van der Waals surface area contributed by atoms with Crippen molar-refractivity contribution in [3.63, 3.8) is 0 Å². The van der Waals surface area contributed by atoms with E-state index >= 15 is 0 Å². The van der Waals surface area contributed by atoms with Crippen LogP contribution in [-0.4, -0.2) is 12.1 Å². The fourth-order valence-corrected chi connectivity index (χ4v) is 3.76. The smallest absolute Gasteiger partial charge is 0.127 e. The summed E-state index contributed by atoms with van der Waals surface area (Å²) in [5.41, 5.74) is 2.64. The Bertz CT molecular complexity index is 486. The van der Waals surface area contributed by atoms with Crippen LogP contribution in [0.2, 0.25) is 0 Å². The van der Waals surface area contributed by atoms with Crippen LogP contribution in [0.1, 0.15) is 57.6 Å². The Balaban J connectivity index is 1.54. The Morgan fingerprint density at radius 1 is 1.19 bits per heavy atom. The highest BCUT2D eigenvalue weighted by atomic mass is 16.5. The van der Waals surface area contributed by atoms with Crippen LogP contribution >= 0.6 is 0 Å². The molecule has 0 saturated heterocycles. The molecule has 0 radical (unpaired) electrons. The highest BCUT2D eigenvalue weighted by molar-refractivity contribution is 5.45. The Labute approximate surface area is 129 Å². The molecule has 3 rings (SSSR count). The van der Waals surface area contributed by atoms with Gasteiger partial charge in [-0.25, -0.2) is 0 Å². The molecule has 1 heterocycles. The van der Waals surface area contributed by atoms with Gasteiger partial charge in [-0.2, -0.15) is 0 Å². The molecule has 21 heavy (non-hydrogen) atoms. The quantitative estimate of drug-likeness (QED) is 0.890. The number of benzene rings is 1. The van der Waals surface area contributed by atoms with E-state index in [9.17, 15) is 0 Å². The van der Waals surface area contributed by atoms with Crippen LogP contribution in [0.15, 0.2) is 18.2 Å². The second-order valence-corrected chi connectivity index (χ2v) is 7.70. The number of rotatable bonds is 4. The van der Waals surface area contributed by atoms with Gasteiger partial charge in [0.05, 0.1) is 0 Å². The summed E-state index contributed by atoms with van der Waals surface area (Å²) in [5.74, 6) is 2.94. The number of ether oxygens (including phenoxy) is 1. The summed E-state index contributed by atoms with van der Waals surface area (Å²) in [4.78, 5) is 0. The molecule has 0 aromatic heterocycles. The van der Waals surface area contributed by atoms with Gasteiger partial charge in [0.15, 0.2) is 0 Å². The minimum absolute atomic E-state index is 0.0437. The molecule has 0 unspecified atom stereocenters. The molecule has 116 valence electrons. The maximum atomic E-state index is 6.14. The molecular weight excluding hydrogens is 258 g/mol. The van der Waals surface area contributed by atoms with Gasteiger partial charge in [0.1, 0.15) is 11.4 Å². The molecule has 1 saturated carbocycles. The predicted octanol–water partition coefficient (Wildman–Crippen LogP) is 4.32. The normalized spacial score (nSPS) is 27.2. The lowest BCUT2D eigenvalue weighted by Gasteiger charge is -2.26. The number of hydrogen-bond acceptors (Lipinski definition) is 2. The average Bonchev–Trinajstić information content (AvgIpc) is 2.76. The molecule has 1 fully saturated rings. The molecule has 1 N–H and O–H groups in total. The predicted molar refractivity (Wildman–Crippen MR) is 87.7 cm³/mol. The molecule has 1 aliphatic heterocycles. The number of fused-ring (bicyclic) bond motifs is 1. The van der Waals surface area contributed by atoms with E-state index in [-0.39, 0.29) is 5.60 Å². The first-order valence-electron chi connectivity index (χ1n) is 8.54. The second-order valence-electron chi connectivity index (χ2n) is 7.70. The van der Waals surface area contributed by atoms with E-state index in [0.717, 1.165) is 37.1 Å². The first kappa shape index (κ1) is 14.9. The van der Waals surface area contributed by atoms with Gasteiger partial charge in [0, 0.05) is 18.5 Å². The van der Waals surface area contributed by atoms with Crippen molar-refractivity contribution in [3.05, 3.63) is 29.3 Å². The van der Waals surface area contributed by atoms with Crippen molar-refractivity contribution in [1.82, 2.24) is 5.32 Å². The molecular formula is C19H29NO. The van der Waals surface area contributed by atoms with Gasteiger partial charge in [0.2, 0.25) is 0 Å². The molecule has 0 bridgehead atoms. The number of hydrogen-bond donors (Lipinski definition) is 1. The van der Waals surface area contributed by atoms with Crippen LogP contribution in [0.25, 0.3) is 0 Å². The zero-order chi connectivity index (χ0) is 14.9. The summed E-state index contributed by atoms with van der Waals surface area (Å²) in [6.45, 7) is 8.82. The molecule has 1 aromatic rings. The van der Waals surface area contributed by atoms with Crippen LogP contribution in [0.5, 0.6) is 5.75 Å². The lowest BCUT2D eigenvalue weighted by Crippen LogP contribution is -2.26. The van der Waals surface area contributed by atoms with E-state index in [2.05, 4.69) is 44.3 Å². The Kier molecular flexibility index (Phi) is 4.26. The highest BCUT2D eigenvalue weighted by Crippen LogP contribution is 2.37. The van der Waals surface area contributed by atoms with Crippen molar-refractivity contribution in [2.45, 2.75) is 65.0 Å². The minimum atomic E-state index is -0.0437. The van der Waals surface area contributed by atoms with E-state index in [1.54, 1.807) is 0 Å². The van der Waals surface area contributed by atoms with Gasteiger partial charge in [-0.05, 0) is 50.6 Å². The third kappa shape index (κ3) is 3.60. The highest BCUT2D eigenvalue weighted by Gasteiger charge is 2.31.